The summed E-state index contributed by atoms with van der Waals surface area (Å²) in [6.07, 6.45) is 0. The van der Waals surface area contributed by atoms with Crippen LogP contribution in [-0.4, -0.2) is 54.2 Å². The Bertz CT molecular complexity index is 1420. The molecule has 0 unspecified atom stereocenters. The zero-order valence-electron chi connectivity index (χ0n) is 21.0. The van der Waals surface area contributed by atoms with Crippen molar-refractivity contribution in [2.75, 3.05) is 37.5 Å². The first kappa shape index (κ1) is 26.1. The van der Waals surface area contributed by atoms with Crippen LogP contribution in [0.3, 0.4) is 0 Å². The first-order valence-electron chi connectivity index (χ1n) is 12.1. The fourth-order valence-corrected chi connectivity index (χ4v) is 6.29. The lowest BCUT2D eigenvalue weighted by Crippen LogP contribution is -2.43. The van der Waals surface area contributed by atoms with Crippen LogP contribution in [0.5, 0.6) is 0 Å². The van der Waals surface area contributed by atoms with Gasteiger partial charge in [-0.05, 0) is 48.2 Å². The van der Waals surface area contributed by atoms with Crippen molar-refractivity contribution in [3.05, 3.63) is 88.6 Å². The van der Waals surface area contributed by atoms with Gasteiger partial charge >= 0.3 is 0 Å². The third-order valence-corrected chi connectivity index (χ3v) is 8.36. The highest BCUT2D eigenvalue weighted by atomic mass is 32.2. The van der Waals surface area contributed by atoms with Crippen LogP contribution in [-0.2, 0) is 14.3 Å². The Morgan fingerprint density at radius 1 is 1.16 bits per heavy atom. The average molecular weight is 551 g/mol. The molecule has 2 aromatic heterocycles. The second kappa shape index (κ2) is 11.5. The molecule has 1 aliphatic rings. The molecule has 1 aliphatic heterocycles. The number of anilines is 1. The molecule has 38 heavy (non-hydrogen) atoms. The van der Waals surface area contributed by atoms with Crippen LogP contribution in [0.4, 0.5) is 10.2 Å². The summed E-state index contributed by atoms with van der Waals surface area (Å²) in [6, 6.07) is 18.2. The number of hydrogen-bond acceptors (Lipinski definition) is 6. The van der Waals surface area contributed by atoms with E-state index >= 15 is 0 Å². The van der Waals surface area contributed by atoms with Gasteiger partial charge in [0.1, 0.15) is 23.9 Å². The Balaban J connectivity index is 1.72. The third kappa shape index (κ3) is 5.38. The standard InChI is InChI=1S/C28H27FN4O3S2/c1-18-5-11-21(12-6-18)33-28-25(26(31-33)22-4-3-15-37-22)27(19-7-9-20(29)10-8-19)38-17-24(35)32(28)16-23(34)30-13-14-36-2/h3-12,15,27H,13-14,16-17H2,1-2H3,(H,30,34)/t27-/m1/s1. The molecule has 7 nitrogen and oxygen atoms in total. The molecule has 2 aromatic carbocycles. The number of methoxy groups -OCH3 is 1. The Kier molecular flexibility index (Phi) is 7.92. The van der Waals surface area contributed by atoms with Crippen LogP contribution in [0.1, 0.15) is 21.9 Å². The van der Waals surface area contributed by atoms with Crippen LogP contribution in [0, 0.1) is 12.7 Å². The number of nitrogens with one attached hydrogen (secondary N) is 1. The zero-order valence-corrected chi connectivity index (χ0v) is 22.7. The van der Waals surface area contributed by atoms with Gasteiger partial charge in [-0.1, -0.05) is 35.9 Å². The zero-order chi connectivity index (χ0) is 26.6. The molecule has 0 fully saturated rings. The van der Waals surface area contributed by atoms with E-state index < -0.39 is 0 Å². The molecule has 0 radical (unpaired) electrons. The minimum atomic E-state index is -0.327. The van der Waals surface area contributed by atoms with E-state index in [4.69, 9.17) is 9.84 Å². The number of fused-ring (bicyclic) bond motifs is 1. The van der Waals surface area contributed by atoms with Crippen LogP contribution >= 0.6 is 23.1 Å². The van der Waals surface area contributed by atoms with Crippen LogP contribution in [0.15, 0.2) is 66.0 Å². The van der Waals surface area contributed by atoms with Gasteiger partial charge in [-0.2, -0.15) is 5.10 Å². The summed E-state index contributed by atoms with van der Waals surface area (Å²) in [4.78, 5) is 29.0. The predicted octanol–water partition coefficient (Wildman–Crippen LogP) is 4.98. The molecule has 5 rings (SSSR count). The molecule has 0 saturated carbocycles. The van der Waals surface area contributed by atoms with Gasteiger partial charge in [0.15, 0.2) is 0 Å². The van der Waals surface area contributed by atoms with Gasteiger partial charge in [-0.25, -0.2) is 9.07 Å². The Morgan fingerprint density at radius 2 is 1.92 bits per heavy atom. The van der Waals surface area contributed by atoms with Gasteiger partial charge in [-0.3, -0.25) is 14.5 Å². The first-order chi connectivity index (χ1) is 18.5. The van der Waals surface area contributed by atoms with Gasteiger partial charge in [0.05, 0.1) is 28.2 Å². The molecule has 0 saturated heterocycles. The summed E-state index contributed by atoms with van der Waals surface area (Å²) in [7, 11) is 1.57. The quantitative estimate of drug-likeness (QED) is 0.313. The molecule has 0 aliphatic carbocycles. The number of aryl methyl sites for hydroxylation is 1. The van der Waals surface area contributed by atoms with Crippen LogP contribution in [0.25, 0.3) is 16.3 Å². The van der Waals surface area contributed by atoms with E-state index in [0.717, 1.165) is 32.9 Å². The van der Waals surface area contributed by atoms with E-state index in [1.807, 2.05) is 48.7 Å². The molecule has 3 heterocycles. The summed E-state index contributed by atoms with van der Waals surface area (Å²) >= 11 is 3.01. The molecular weight excluding hydrogens is 523 g/mol. The number of nitrogens with zero attached hydrogens (tertiary/aromatic N) is 3. The average Bonchev–Trinajstić information content (AvgIpc) is 3.55. The van der Waals surface area contributed by atoms with Gasteiger partial charge in [-0.15, -0.1) is 23.1 Å². The normalized spacial score (nSPS) is 15.3. The van der Waals surface area contributed by atoms with Crippen LogP contribution < -0.4 is 10.2 Å². The largest absolute Gasteiger partial charge is 0.383 e. The number of ether oxygens (including phenoxy) is 1. The number of halogens is 1. The fourth-order valence-electron chi connectivity index (χ4n) is 4.37. The van der Waals surface area contributed by atoms with Gasteiger partial charge in [0, 0.05) is 19.2 Å². The van der Waals surface area contributed by atoms with E-state index in [1.54, 1.807) is 35.3 Å². The summed E-state index contributed by atoms with van der Waals surface area (Å²) < 4.78 is 20.6. The Morgan fingerprint density at radius 3 is 2.61 bits per heavy atom. The number of thioether (sulfide) groups is 1. The minimum Gasteiger partial charge on any atom is -0.383 e. The van der Waals surface area contributed by atoms with E-state index in [0.29, 0.717) is 19.0 Å². The molecule has 10 heteroatoms. The summed E-state index contributed by atoms with van der Waals surface area (Å²) in [6.45, 7) is 2.56. The smallest absolute Gasteiger partial charge is 0.240 e. The molecule has 0 spiro atoms. The van der Waals surface area contributed by atoms with E-state index in [1.165, 1.54) is 28.8 Å². The van der Waals surface area contributed by atoms with Crippen molar-refractivity contribution in [1.29, 1.82) is 0 Å². The lowest BCUT2D eigenvalue weighted by atomic mass is 10.0. The molecule has 1 N–H and O–H groups in total. The van der Waals surface area contributed by atoms with Crippen molar-refractivity contribution in [1.82, 2.24) is 15.1 Å². The highest BCUT2D eigenvalue weighted by molar-refractivity contribution is 8.00. The topological polar surface area (TPSA) is 76.5 Å². The van der Waals surface area contributed by atoms with Crippen molar-refractivity contribution < 1.29 is 18.7 Å². The first-order valence-corrected chi connectivity index (χ1v) is 14.1. The summed E-state index contributed by atoms with van der Waals surface area (Å²) in [5.41, 5.74) is 4.28. The maximum atomic E-state index is 13.8. The number of benzene rings is 2. The second-order valence-electron chi connectivity index (χ2n) is 8.88. The maximum absolute atomic E-state index is 13.8. The number of hydrogen-bond donors (Lipinski definition) is 1. The Hall–Kier alpha value is -3.47. The minimum absolute atomic E-state index is 0.153. The molecule has 1 atom stereocenters. The van der Waals surface area contributed by atoms with E-state index in [-0.39, 0.29) is 35.2 Å². The lowest BCUT2D eigenvalue weighted by molar-refractivity contribution is -0.123. The van der Waals surface area contributed by atoms with Gasteiger partial charge < -0.3 is 10.1 Å². The van der Waals surface area contributed by atoms with Gasteiger partial charge in [0.25, 0.3) is 0 Å². The number of aromatic nitrogens is 2. The molecular formula is C28H27FN4O3S2. The number of carbonyl (C=O) groups excluding carboxylic acids is 2. The summed E-state index contributed by atoms with van der Waals surface area (Å²) in [5.74, 6) is -0.121. The highest BCUT2D eigenvalue weighted by Crippen LogP contribution is 2.49. The van der Waals surface area contributed by atoms with Crippen molar-refractivity contribution in [3.8, 4) is 16.3 Å². The SMILES string of the molecule is COCCNC(=O)CN1C(=O)CS[C@H](c2ccc(F)cc2)c2c(-c3cccs3)nn(-c3ccc(C)cc3)c21. The number of carbonyl (C=O) groups is 2. The molecule has 196 valence electrons. The van der Waals surface area contributed by atoms with Gasteiger partial charge in [0.2, 0.25) is 11.8 Å². The molecule has 0 bridgehead atoms. The molecule has 4 aromatic rings. The predicted molar refractivity (Wildman–Crippen MR) is 150 cm³/mol. The van der Waals surface area contributed by atoms with Crippen LogP contribution in [0.2, 0.25) is 0 Å². The monoisotopic (exact) mass is 550 g/mol. The van der Waals surface area contributed by atoms with Crippen molar-refractivity contribution >= 4 is 40.7 Å². The molecule has 2 amide bonds. The van der Waals surface area contributed by atoms with Crippen molar-refractivity contribution in [3.63, 3.8) is 0 Å². The summed E-state index contributed by atoms with van der Waals surface area (Å²) in [5, 5.41) is 9.53. The number of rotatable bonds is 8. The third-order valence-electron chi connectivity index (χ3n) is 6.22. The van der Waals surface area contributed by atoms with Crippen molar-refractivity contribution in [2.45, 2.75) is 12.2 Å². The number of thiophene rings is 1. The maximum Gasteiger partial charge on any atom is 0.240 e. The second-order valence-corrected chi connectivity index (χ2v) is 10.9. The fraction of sp³-hybridized carbons (Fsp3) is 0.250. The highest BCUT2D eigenvalue weighted by Gasteiger charge is 2.37. The lowest BCUT2D eigenvalue weighted by Gasteiger charge is -2.23. The van der Waals surface area contributed by atoms with Crippen molar-refractivity contribution in [2.24, 2.45) is 0 Å². The van der Waals surface area contributed by atoms with E-state index in [2.05, 4.69) is 5.32 Å². The Labute approximate surface area is 228 Å². The van der Waals surface area contributed by atoms with E-state index in [9.17, 15) is 14.0 Å². The number of amides is 2.